The first-order valence-electron chi connectivity index (χ1n) is 8.44. The van der Waals surface area contributed by atoms with Gasteiger partial charge in [-0.1, -0.05) is 18.2 Å². The Kier molecular flexibility index (Phi) is 5.22. The molecule has 0 amide bonds. The van der Waals surface area contributed by atoms with Crippen molar-refractivity contribution >= 4 is 26.6 Å². The van der Waals surface area contributed by atoms with E-state index in [-0.39, 0.29) is 6.04 Å². The minimum absolute atomic E-state index is 0.0677. The number of nitrogens with zero attached hydrogens (tertiary/aromatic N) is 2. The Morgan fingerprint density at radius 2 is 1.93 bits per heavy atom. The Hall–Kier alpha value is -2.82. The van der Waals surface area contributed by atoms with Crippen molar-refractivity contribution in [1.29, 1.82) is 5.26 Å². The van der Waals surface area contributed by atoms with E-state index in [9.17, 15) is 8.42 Å². The van der Waals surface area contributed by atoms with Crippen LogP contribution in [0, 0.1) is 11.3 Å². The molecule has 6 nitrogen and oxygen atoms in total. The second-order valence-corrected chi connectivity index (χ2v) is 8.30. The average Bonchev–Trinajstić information content (AvgIpc) is 2.99. The van der Waals surface area contributed by atoms with E-state index in [1.807, 2.05) is 37.4 Å². The highest BCUT2D eigenvalue weighted by Crippen LogP contribution is 2.34. The van der Waals surface area contributed by atoms with Gasteiger partial charge in [0.1, 0.15) is 0 Å². The molecule has 0 saturated heterocycles. The minimum atomic E-state index is -3.36. The van der Waals surface area contributed by atoms with E-state index < -0.39 is 10.0 Å². The predicted octanol–water partition coefficient (Wildman–Crippen LogP) is 3.76. The fourth-order valence-electron chi connectivity index (χ4n) is 3.17. The van der Waals surface area contributed by atoms with Crippen LogP contribution in [-0.2, 0) is 14.8 Å². The summed E-state index contributed by atoms with van der Waals surface area (Å²) in [5.41, 5.74) is 4.04. The van der Waals surface area contributed by atoms with Gasteiger partial charge < -0.3 is 9.30 Å². The van der Waals surface area contributed by atoms with Gasteiger partial charge in [-0.15, -0.1) is 0 Å². The third-order valence-corrected chi connectivity index (χ3v) is 4.95. The number of sulfonamides is 1. The van der Waals surface area contributed by atoms with Crippen molar-refractivity contribution in [3.05, 3.63) is 54.2 Å². The zero-order valence-electron chi connectivity index (χ0n) is 15.4. The number of rotatable bonds is 6. The van der Waals surface area contributed by atoms with Crippen LogP contribution in [0.25, 0.3) is 22.0 Å². The van der Waals surface area contributed by atoms with Gasteiger partial charge in [0, 0.05) is 24.3 Å². The maximum absolute atomic E-state index is 11.6. The summed E-state index contributed by atoms with van der Waals surface area (Å²) >= 11 is 0. The van der Waals surface area contributed by atoms with Crippen LogP contribution in [0.2, 0.25) is 0 Å². The molecule has 3 rings (SSSR count). The summed E-state index contributed by atoms with van der Waals surface area (Å²) in [7, 11) is -1.70. The lowest BCUT2D eigenvalue weighted by molar-refractivity contribution is 0.164. The van der Waals surface area contributed by atoms with Gasteiger partial charge in [0.05, 0.1) is 41.7 Å². The van der Waals surface area contributed by atoms with Crippen molar-refractivity contribution in [2.24, 2.45) is 0 Å². The molecule has 0 aliphatic rings. The molecule has 7 heteroatoms. The number of ether oxygens (including phenoxy) is 1. The number of nitrogens with one attached hydrogen (secondary N) is 1. The molecule has 1 heterocycles. The number of benzene rings is 2. The molecule has 0 aliphatic heterocycles. The average molecular weight is 383 g/mol. The number of hydrogen-bond donors (Lipinski definition) is 1. The zero-order valence-corrected chi connectivity index (χ0v) is 16.2. The summed E-state index contributed by atoms with van der Waals surface area (Å²) in [5, 5.41) is 10.0. The fraction of sp³-hybridized carbons (Fsp3) is 0.250. The summed E-state index contributed by atoms with van der Waals surface area (Å²) in [5.74, 6) is 0. The van der Waals surface area contributed by atoms with Gasteiger partial charge in [-0.3, -0.25) is 4.72 Å². The third kappa shape index (κ3) is 4.13. The van der Waals surface area contributed by atoms with Crippen molar-refractivity contribution in [3.8, 4) is 17.2 Å². The van der Waals surface area contributed by atoms with Crippen molar-refractivity contribution in [3.63, 3.8) is 0 Å². The van der Waals surface area contributed by atoms with Gasteiger partial charge in [-0.05, 0) is 36.8 Å². The maximum Gasteiger partial charge on any atom is 0.229 e. The summed E-state index contributed by atoms with van der Waals surface area (Å²) in [6.45, 7) is 2.57. The van der Waals surface area contributed by atoms with Crippen LogP contribution in [0.4, 0.5) is 5.69 Å². The van der Waals surface area contributed by atoms with Crippen LogP contribution >= 0.6 is 0 Å². The molecular weight excluding hydrogens is 362 g/mol. The topological polar surface area (TPSA) is 84.1 Å². The van der Waals surface area contributed by atoms with Crippen LogP contribution in [0.3, 0.4) is 0 Å². The first-order valence-corrected chi connectivity index (χ1v) is 10.3. The quantitative estimate of drug-likeness (QED) is 0.702. The van der Waals surface area contributed by atoms with Crippen LogP contribution < -0.4 is 4.72 Å². The Morgan fingerprint density at radius 3 is 2.52 bits per heavy atom. The van der Waals surface area contributed by atoms with Gasteiger partial charge in [0.15, 0.2) is 0 Å². The molecule has 0 unspecified atom stereocenters. The van der Waals surface area contributed by atoms with E-state index in [0.29, 0.717) is 17.9 Å². The number of nitriles is 1. The molecule has 27 heavy (non-hydrogen) atoms. The monoisotopic (exact) mass is 383 g/mol. The predicted molar refractivity (Wildman–Crippen MR) is 107 cm³/mol. The van der Waals surface area contributed by atoms with Gasteiger partial charge in [0.2, 0.25) is 10.0 Å². The van der Waals surface area contributed by atoms with Crippen molar-refractivity contribution in [1.82, 2.24) is 4.57 Å². The molecule has 2 aromatic carbocycles. The number of methoxy groups -OCH3 is 1. The molecule has 0 saturated carbocycles. The zero-order chi connectivity index (χ0) is 19.6. The van der Waals surface area contributed by atoms with E-state index in [4.69, 9.17) is 10.00 Å². The number of fused-ring (bicyclic) bond motifs is 1. The lowest BCUT2D eigenvalue weighted by atomic mass is 10.0. The second-order valence-electron chi connectivity index (χ2n) is 6.55. The summed E-state index contributed by atoms with van der Waals surface area (Å²) < 4.78 is 33.1. The molecule has 0 aliphatic carbocycles. The molecule has 1 atom stereocenters. The molecule has 0 fully saturated rings. The van der Waals surface area contributed by atoms with Gasteiger partial charge >= 0.3 is 0 Å². The Bertz CT molecular complexity index is 1110. The largest absolute Gasteiger partial charge is 0.383 e. The number of hydrogen-bond acceptors (Lipinski definition) is 4. The van der Waals surface area contributed by atoms with Crippen LogP contribution in [0.5, 0.6) is 0 Å². The van der Waals surface area contributed by atoms with E-state index in [1.54, 1.807) is 25.3 Å². The minimum Gasteiger partial charge on any atom is -0.383 e. The Balaban J connectivity index is 2.17. The molecule has 140 valence electrons. The first-order chi connectivity index (χ1) is 12.8. The molecule has 0 bridgehead atoms. The molecule has 0 radical (unpaired) electrons. The lowest BCUT2D eigenvalue weighted by Crippen LogP contribution is -2.11. The standard InChI is InChI=1S/C20H21N3O3S/c1-14(13-26-2)23-12-19(16-6-4-15(11-21)5-7-16)18-9-8-17(10-20(18)23)22-27(3,24)25/h4-10,12,14,22H,13H2,1-3H3/t14-/m0/s1. The van der Waals surface area contributed by atoms with Crippen molar-refractivity contribution in [2.75, 3.05) is 24.7 Å². The summed E-state index contributed by atoms with van der Waals surface area (Å²) in [6.07, 6.45) is 3.17. The maximum atomic E-state index is 11.6. The van der Waals surface area contributed by atoms with Crippen molar-refractivity contribution in [2.45, 2.75) is 13.0 Å². The number of aromatic nitrogens is 1. The Morgan fingerprint density at radius 1 is 1.22 bits per heavy atom. The molecular formula is C20H21N3O3S. The molecule has 0 spiro atoms. The lowest BCUT2D eigenvalue weighted by Gasteiger charge is -2.14. The number of anilines is 1. The summed E-state index contributed by atoms with van der Waals surface area (Å²) in [6, 6.07) is 15.1. The van der Waals surface area contributed by atoms with E-state index >= 15 is 0 Å². The molecule has 1 aromatic heterocycles. The fourth-order valence-corrected chi connectivity index (χ4v) is 3.72. The van der Waals surface area contributed by atoms with Gasteiger partial charge in [0.25, 0.3) is 0 Å². The van der Waals surface area contributed by atoms with Crippen molar-refractivity contribution < 1.29 is 13.2 Å². The third-order valence-electron chi connectivity index (χ3n) is 4.35. The first kappa shape index (κ1) is 19.0. The van der Waals surface area contributed by atoms with Crippen LogP contribution in [0.15, 0.2) is 48.7 Å². The summed E-state index contributed by atoms with van der Waals surface area (Å²) in [4.78, 5) is 0. The highest BCUT2D eigenvalue weighted by atomic mass is 32.2. The van der Waals surface area contributed by atoms with E-state index in [0.717, 1.165) is 28.3 Å². The van der Waals surface area contributed by atoms with E-state index in [2.05, 4.69) is 15.4 Å². The SMILES string of the molecule is COC[C@H](C)n1cc(-c2ccc(C#N)cc2)c2ccc(NS(C)(=O)=O)cc21. The molecule has 1 N–H and O–H groups in total. The highest BCUT2D eigenvalue weighted by Gasteiger charge is 2.15. The smallest absolute Gasteiger partial charge is 0.229 e. The van der Waals surface area contributed by atoms with Gasteiger partial charge in [-0.25, -0.2) is 8.42 Å². The second kappa shape index (κ2) is 7.43. The van der Waals surface area contributed by atoms with E-state index in [1.165, 1.54) is 0 Å². The highest BCUT2D eigenvalue weighted by molar-refractivity contribution is 7.92. The Labute approximate surface area is 159 Å². The van der Waals surface area contributed by atoms with Crippen LogP contribution in [-0.4, -0.2) is 33.0 Å². The normalized spacial score (nSPS) is 12.7. The van der Waals surface area contributed by atoms with Gasteiger partial charge in [-0.2, -0.15) is 5.26 Å². The van der Waals surface area contributed by atoms with Crippen LogP contribution in [0.1, 0.15) is 18.5 Å². The molecule has 3 aromatic rings.